The summed E-state index contributed by atoms with van der Waals surface area (Å²) in [6.07, 6.45) is 3.16. The zero-order valence-electron chi connectivity index (χ0n) is 20.8. The van der Waals surface area contributed by atoms with E-state index in [1.807, 2.05) is 49.4 Å². The van der Waals surface area contributed by atoms with Gasteiger partial charge in [0.05, 0.1) is 41.1 Å². The molecule has 1 aliphatic rings. The van der Waals surface area contributed by atoms with Crippen LogP contribution in [-0.4, -0.2) is 31.4 Å². The highest BCUT2D eigenvalue weighted by molar-refractivity contribution is 9.10. The van der Waals surface area contributed by atoms with E-state index >= 15 is 0 Å². The first-order chi connectivity index (χ1) is 17.8. The molecule has 0 spiro atoms. The smallest absolute Gasteiger partial charge is 0.338 e. The first-order valence-corrected chi connectivity index (χ1v) is 14.1. The van der Waals surface area contributed by atoms with E-state index in [-0.39, 0.29) is 12.2 Å². The minimum Gasteiger partial charge on any atom is -0.496 e. The summed E-state index contributed by atoms with van der Waals surface area (Å²) in [4.78, 5) is 32.6. The summed E-state index contributed by atoms with van der Waals surface area (Å²) in [5.41, 5.74) is 2.22. The van der Waals surface area contributed by atoms with Gasteiger partial charge in [-0.3, -0.25) is 9.36 Å². The van der Waals surface area contributed by atoms with Crippen molar-refractivity contribution >= 4 is 55.2 Å². The summed E-state index contributed by atoms with van der Waals surface area (Å²) >= 11 is 8.33. The zero-order chi connectivity index (χ0) is 26.7. The number of carbonyl (C=O) groups excluding carboxylic acids is 1. The summed E-state index contributed by atoms with van der Waals surface area (Å²) in [6, 6.07) is 10.4. The second-order valence-electron chi connectivity index (χ2n) is 8.19. The highest BCUT2D eigenvalue weighted by Gasteiger charge is 2.36. The van der Waals surface area contributed by atoms with E-state index in [4.69, 9.17) is 19.2 Å². The van der Waals surface area contributed by atoms with Gasteiger partial charge in [-0.25, -0.2) is 9.79 Å². The predicted molar refractivity (Wildman–Crippen MR) is 151 cm³/mol. The maximum atomic E-state index is 13.9. The van der Waals surface area contributed by atoms with Crippen LogP contribution in [0.4, 0.5) is 0 Å². The van der Waals surface area contributed by atoms with Crippen LogP contribution in [0.3, 0.4) is 0 Å². The summed E-state index contributed by atoms with van der Waals surface area (Å²) < 4.78 is 20.1. The topological polar surface area (TPSA) is 79.1 Å². The van der Waals surface area contributed by atoms with E-state index in [9.17, 15) is 9.59 Å². The normalized spacial score (nSPS) is 15.3. The lowest BCUT2D eigenvalue weighted by atomic mass is 9.93. The predicted octanol–water partition coefficient (Wildman–Crippen LogP) is 5.12. The lowest BCUT2D eigenvalue weighted by molar-refractivity contribution is -0.139. The first kappa shape index (κ1) is 27.3. The van der Waals surface area contributed by atoms with Crippen LogP contribution in [0.2, 0.25) is 0 Å². The van der Waals surface area contributed by atoms with E-state index in [1.165, 1.54) is 11.3 Å². The molecular formula is C27H26Br2N2O5S. The van der Waals surface area contributed by atoms with Crippen LogP contribution in [0.25, 0.3) is 6.08 Å². The number of rotatable bonds is 8. The first-order valence-electron chi connectivity index (χ1n) is 11.7. The molecule has 2 heterocycles. The molecule has 4 rings (SSSR count). The van der Waals surface area contributed by atoms with Gasteiger partial charge in [-0.2, -0.15) is 0 Å². The Hall–Kier alpha value is -2.69. The number of methoxy groups -OCH3 is 2. The number of hydrogen-bond acceptors (Lipinski definition) is 7. The van der Waals surface area contributed by atoms with Crippen LogP contribution < -0.4 is 24.4 Å². The minimum atomic E-state index is -0.756. The average Bonchev–Trinajstić information content (AvgIpc) is 3.18. The number of benzene rings is 2. The molecule has 0 radical (unpaired) electrons. The maximum Gasteiger partial charge on any atom is 0.338 e. The molecule has 37 heavy (non-hydrogen) atoms. The van der Waals surface area contributed by atoms with Crippen LogP contribution >= 0.6 is 43.2 Å². The molecule has 10 heteroatoms. The van der Waals surface area contributed by atoms with E-state index in [0.717, 1.165) is 20.9 Å². The molecule has 1 aromatic heterocycles. The van der Waals surface area contributed by atoms with E-state index in [0.29, 0.717) is 44.1 Å². The van der Waals surface area contributed by atoms with Crippen molar-refractivity contribution in [3.63, 3.8) is 0 Å². The number of thiazole rings is 1. The number of allylic oxidation sites excluding steroid dienone is 1. The zero-order valence-corrected chi connectivity index (χ0v) is 24.8. The van der Waals surface area contributed by atoms with Gasteiger partial charge in [0.1, 0.15) is 17.5 Å². The molecule has 0 saturated carbocycles. The van der Waals surface area contributed by atoms with Crippen LogP contribution in [-0.2, 0) is 9.53 Å². The van der Waals surface area contributed by atoms with Gasteiger partial charge in [0.15, 0.2) is 4.80 Å². The maximum absolute atomic E-state index is 13.9. The molecule has 0 amide bonds. The fraction of sp³-hybridized carbons (Fsp3) is 0.296. The molecule has 1 aliphatic heterocycles. The lowest BCUT2D eigenvalue weighted by Crippen LogP contribution is -2.40. The van der Waals surface area contributed by atoms with E-state index in [2.05, 4.69) is 31.9 Å². The molecule has 1 atom stereocenters. The fourth-order valence-electron chi connectivity index (χ4n) is 4.26. The third kappa shape index (κ3) is 5.46. The highest BCUT2D eigenvalue weighted by atomic mass is 79.9. The molecule has 2 aromatic carbocycles. The molecule has 7 nitrogen and oxygen atoms in total. The van der Waals surface area contributed by atoms with Gasteiger partial charge >= 0.3 is 5.97 Å². The average molecular weight is 650 g/mol. The van der Waals surface area contributed by atoms with Gasteiger partial charge < -0.3 is 14.2 Å². The minimum absolute atomic E-state index is 0.209. The van der Waals surface area contributed by atoms with Crippen molar-refractivity contribution in [2.45, 2.75) is 32.7 Å². The number of esters is 1. The van der Waals surface area contributed by atoms with Crippen molar-refractivity contribution in [1.82, 2.24) is 4.57 Å². The molecule has 0 saturated heterocycles. The number of nitrogens with zero attached hydrogens (tertiary/aromatic N) is 2. The number of hydrogen-bond donors (Lipinski definition) is 0. The quantitative estimate of drug-likeness (QED) is 0.317. The second kappa shape index (κ2) is 11.8. The number of aromatic nitrogens is 1. The van der Waals surface area contributed by atoms with Gasteiger partial charge in [0.2, 0.25) is 0 Å². The third-order valence-electron chi connectivity index (χ3n) is 5.85. The molecule has 0 unspecified atom stereocenters. The summed E-state index contributed by atoms with van der Waals surface area (Å²) in [6.45, 7) is 3.99. The highest BCUT2D eigenvalue weighted by Crippen LogP contribution is 2.38. The largest absolute Gasteiger partial charge is 0.496 e. The van der Waals surface area contributed by atoms with Gasteiger partial charge in [0.25, 0.3) is 5.56 Å². The Bertz CT molecular complexity index is 1560. The Kier molecular flexibility index (Phi) is 8.71. The number of carbonyl (C=O) groups is 1. The molecule has 0 N–H and O–H groups in total. The van der Waals surface area contributed by atoms with Crippen LogP contribution in [0.15, 0.2) is 66.4 Å². The van der Waals surface area contributed by atoms with Gasteiger partial charge in [-0.15, -0.1) is 0 Å². The van der Waals surface area contributed by atoms with Crippen LogP contribution in [0, 0.1) is 0 Å². The summed E-state index contributed by atoms with van der Waals surface area (Å²) in [7, 11) is 3.17. The Morgan fingerprint density at radius 1 is 1.11 bits per heavy atom. The monoisotopic (exact) mass is 648 g/mol. The molecule has 194 valence electrons. The summed E-state index contributed by atoms with van der Waals surface area (Å²) in [5, 5.41) is 0. The molecule has 0 bridgehead atoms. The fourth-order valence-corrected chi connectivity index (χ4v) is 6.21. The van der Waals surface area contributed by atoms with Crippen molar-refractivity contribution in [3.05, 3.63) is 87.4 Å². The van der Waals surface area contributed by atoms with Crippen molar-refractivity contribution < 1.29 is 19.0 Å². The second-order valence-corrected chi connectivity index (χ2v) is 11.0. The summed E-state index contributed by atoms with van der Waals surface area (Å²) in [5.74, 6) is 0.764. The lowest BCUT2D eigenvalue weighted by Gasteiger charge is -2.27. The standard InChI is InChI=1S/C27H26Br2N2O5S/c1-5-7-19-23(26(33)36-6-2)24(17-14-16(28)9-11-20(17)34-3)31-25(32)22(37-27(31)30-19)13-15-8-10-21(35-4)18(29)12-15/h8-14,24H,5-7H2,1-4H3/b22-13+/t24-/m1/s1. The van der Waals surface area contributed by atoms with Crippen molar-refractivity contribution in [3.8, 4) is 11.5 Å². The number of ether oxygens (including phenoxy) is 3. The number of halogens is 2. The van der Waals surface area contributed by atoms with Crippen molar-refractivity contribution in [2.24, 2.45) is 4.99 Å². The van der Waals surface area contributed by atoms with Gasteiger partial charge in [-0.05, 0) is 71.2 Å². The third-order valence-corrected chi connectivity index (χ3v) is 7.95. The van der Waals surface area contributed by atoms with E-state index in [1.54, 1.807) is 25.7 Å². The SMILES string of the molecule is CCCC1=C(C(=O)OCC)[C@@H](c2cc(Br)ccc2OC)n2c(s/c(=C/c3ccc(OC)c(Br)c3)c2=O)=N1. The van der Waals surface area contributed by atoms with Crippen molar-refractivity contribution in [1.29, 1.82) is 0 Å². The van der Waals surface area contributed by atoms with Crippen LogP contribution in [0.5, 0.6) is 11.5 Å². The Morgan fingerprint density at radius 3 is 2.49 bits per heavy atom. The van der Waals surface area contributed by atoms with Gasteiger partial charge in [-0.1, -0.05) is 46.7 Å². The van der Waals surface area contributed by atoms with Crippen LogP contribution in [0.1, 0.15) is 43.9 Å². The van der Waals surface area contributed by atoms with Crippen molar-refractivity contribution in [2.75, 3.05) is 20.8 Å². The molecule has 0 aliphatic carbocycles. The molecule has 0 fully saturated rings. The Balaban J connectivity index is 2.03. The molecule has 3 aromatic rings. The Morgan fingerprint density at radius 2 is 1.84 bits per heavy atom. The Labute approximate surface area is 235 Å². The molecular weight excluding hydrogens is 624 g/mol. The van der Waals surface area contributed by atoms with E-state index < -0.39 is 12.0 Å². The number of fused-ring (bicyclic) bond motifs is 1. The van der Waals surface area contributed by atoms with Gasteiger partial charge in [0, 0.05) is 10.0 Å².